The lowest BCUT2D eigenvalue weighted by molar-refractivity contribution is -0.894. The van der Waals surface area contributed by atoms with Crippen LogP contribution in [0.15, 0.2) is 59.5 Å². The predicted molar refractivity (Wildman–Crippen MR) is 110 cm³/mol. The number of likely N-dealkylation sites (N-methyl/N-ethyl adjacent to an activating group) is 1. The number of imide groups is 1. The Kier molecular flexibility index (Phi) is 8.03. The number of rotatable bonds is 7. The number of carbonyl (C=O) groups excluding carboxylic acids is 3. The van der Waals surface area contributed by atoms with Gasteiger partial charge in [0.2, 0.25) is 0 Å². The van der Waals surface area contributed by atoms with Gasteiger partial charge in [-0.1, -0.05) is 42.5 Å². The largest absolute Gasteiger partial charge is 0.341 e. The van der Waals surface area contributed by atoms with Gasteiger partial charge >= 0.3 is 6.03 Å². The van der Waals surface area contributed by atoms with E-state index in [1.807, 2.05) is 48.7 Å². The minimum Gasteiger partial charge on any atom is -0.341 e. The van der Waals surface area contributed by atoms with Crippen molar-refractivity contribution < 1.29 is 19.3 Å². The van der Waals surface area contributed by atoms with Crippen LogP contribution in [-0.4, -0.2) is 44.7 Å². The van der Waals surface area contributed by atoms with Crippen LogP contribution in [-0.2, 0) is 9.59 Å². The molecule has 148 valence electrons. The van der Waals surface area contributed by atoms with E-state index in [-0.39, 0.29) is 12.5 Å². The molecule has 0 aliphatic carbocycles. The first-order valence-electron chi connectivity index (χ1n) is 8.79. The van der Waals surface area contributed by atoms with Crippen molar-refractivity contribution in [3.05, 3.63) is 60.2 Å². The molecule has 0 fully saturated rings. The summed E-state index contributed by atoms with van der Waals surface area (Å²) in [6, 6.07) is 15.3. The summed E-state index contributed by atoms with van der Waals surface area (Å²) in [6.07, 6.45) is 1.94. The molecule has 0 aromatic heterocycles. The topological polar surface area (TPSA) is 91.7 Å². The number of carbonyl (C=O) groups is 3. The Labute approximate surface area is 168 Å². The number of urea groups is 1. The molecule has 7 nitrogen and oxygen atoms in total. The van der Waals surface area contributed by atoms with E-state index in [0.717, 1.165) is 16.1 Å². The van der Waals surface area contributed by atoms with Crippen molar-refractivity contribution in [3.8, 4) is 0 Å². The molecule has 1 unspecified atom stereocenters. The van der Waals surface area contributed by atoms with Gasteiger partial charge in [-0.25, -0.2) is 4.79 Å². The van der Waals surface area contributed by atoms with Gasteiger partial charge in [0.25, 0.3) is 11.8 Å². The smallest absolute Gasteiger partial charge is 0.321 e. The molecule has 0 spiro atoms. The minimum atomic E-state index is -0.708. The summed E-state index contributed by atoms with van der Waals surface area (Å²) < 4.78 is 0. The summed E-state index contributed by atoms with van der Waals surface area (Å²) in [6.45, 7) is 0.0590. The molecule has 0 aliphatic rings. The second-order valence-electron chi connectivity index (χ2n) is 6.18. The number of amides is 4. The number of quaternary nitrogens is 1. The van der Waals surface area contributed by atoms with Crippen LogP contribution in [0.3, 0.4) is 0 Å². The summed E-state index contributed by atoms with van der Waals surface area (Å²) >= 11 is 1.54. The fourth-order valence-electron chi connectivity index (χ4n) is 2.85. The highest BCUT2D eigenvalue weighted by Crippen LogP contribution is 2.24. The maximum absolute atomic E-state index is 12.7. The molecular weight excluding hydrogens is 376 g/mol. The van der Waals surface area contributed by atoms with Crippen molar-refractivity contribution in [2.24, 2.45) is 0 Å². The van der Waals surface area contributed by atoms with E-state index in [4.69, 9.17) is 0 Å². The fraction of sp³-hybridized carbons (Fsp3) is 0.250. The summed E-state index contributed by atoms with van der Waals surface area (Å²) in [4.78, 5) is 38.4. The molecule has 4 amide bonds. The Morgan fingerprint density at radius 3 is 2.32 bits per heavy atom. The average molecular weight is 402 g/mol. The lowest BCUT2D eigenvalue weighted by Gasteiger charge is -2.24. The van der Waals surface area contributed by atoms with Gasteiger partial charge in [0.15, 0.2) is 12.6 Å². The second-order valence-corrected chi connectivity index (χ2v) is 7.03. The Morgan fingerprint density at radius 2 is 1.68 bits per heavy atom. The third-order valence-corrected chi connectivity index (χ3v) is 4.97. The van der Waals surface area contributed by atoms with E-state index in [9.17, 15) is 14.4 Å². The van der Waals surface area contributed by atoms with Crippen molar-refractivity contribution in [2.75, 3.05) is 32.2 Å². The first-order chi connectivity index (χ1) is 13.5. The second kappa shape index (κ2) is 10.5. The van der Waals surface area contributed by atoms with Gasteiger partial charge in [0.1, 0.15) is 0 Å². The van der Waals surface area contributed by atoms with Gasteiger partial charge < -0.3 is 15.5 Å². The third kappa shape index (κ3) is 5.83. The molecular formula is C20H25N4O3S+. The number of benzene rings is 2. The van der Waals surface area contributed by atoms with Gasteiger partial charge in [-0.3, -0.25) is 14.9 Å². The Morgan fingerprint density at radius 1 is 1.04 bits per heavy atom. The first-order valence-corrected chi connectivity index (χ1v) is 10.0. The molecule has 4 N–H and O–H groups in total. The number of thioether (sulfide) groups is 1. The van der Waals surface area contributed by atoms with Crippen LogP contribution in [0.4, 0.5) is 10.5 Å². The Hall–Kier alpha value is -2.84. The number of para-hydroxylation sites is 1. The zero-order chi connectivity index (χ0) is 20.5. The van der Waals surface area contributed by atoms with Crippen LogP contribution in [0.2, 0.25) is 0 Å². The minimum absolute atomic E-state index is 0.0590. The zero-order valence-corrected chi connectivity index (χ0v) is 16.9. The first kappa shape index (κ1) is 21.5. The van der Waals surface area contributed by atoms with Crippen LogP contribution < -0.4 is 20.9 Å². The molecule has 2 aromatic rings. The highest BCUT2D eigenvalue weighted by atomic mass is 32.2. The van der Waals surface area contributed by atoms with Crippen molar-refractivity contribution in [3.63, 3.8) is 0 Å². The molecule has 0 aliphatic heterocycles. The summed E-state index contributed by atoms with van der Waals surface area (Å²) in [5, 5.41) is 7.57. The van der Waals surface area contributed by atoms with Gasteiger partial charge in [-0.05, 0) is 18.4 Å². The number of hydrogen-bond acceptors (Lipinski definition) is 4. The van der Waals surface area contributed by atoms with Crippen molar-refractivity contribution in [1.29, 1.82) is 0 Å². The van der Waals surface area contributed by atoms with E-state index in [2.05, 4.69) is 16.0 Å². The van der Waals surface area contributed by atoms with E-state index in [0.29, 0.717) is 4.90 Å². The Balaban J connectivity index is 2.15. The van der Waals surface area contributed by atoms with Gasteiger partial charge in [0, 0.05) is 17.5 Å². The highest BCUT2D eigenvalue weighted by molar-refractivity contribution is 7.98. The third-order valence-electron chi connectivity index (χ3n) is 4.17. The number of anilines is 1. The van der Waals surface area contributed by atoms with Gasteiger partial charge in [-0.15, -0.1) is 11.8 Å². The van der Waals surface area contributed by atoms with Crippen LogP contribution in [0.25, 0.3) is 0 Å². The van der Waals surface area contributed by atoms with Crippen molar-refractivity contribution in [1.82, 2.24) is 10.6 Å². The fourth-order valence-corrected chi connectivity index (χ4v) is 3.40. The van der Waals surface area contributed by atoms with Crippen LogP contribution in [0.1, 0.15) is 11.6 Å². The maximum atomic E-state index is 12.7. The molecule has 8 heteroatoms. The normalized spacial score (nSPS) is 12.5. The Bertz CT molecular complexity index is 829. The average Bonchev–Trinajstić information content (AvgIpc) is 2.69. The van der Waals surface area contributed by atoms with Crippen LogP contribution >= 0.6 is 11.8 Å². The summed E-state index contributed by atoms with van der Waals surface area (Å²) in [5.74, 6) is -0.687. The van der Waals surface area contributed by atoms with E-state index in [1.165, 1.54) is 7.05 Å². The summed E-state index contributed by atoms with van der Waals surface area (Å²) in [5.41, 5.74) is 1.46. The predicted octanol–water partition coefficient (Wildman–Crippen LogP) is 1.06. The van der Waals surface area contributed by atoms with E-state index >= 15 is 0 Å². The SMILES string of the molecule is CNC(=O)NC(=O)[C@@H](c1ccccc1)[NH+](C)CC(=O)Nc1ccccc1SC. The molecule has 0 bridgehead atoms. The molecule has 0 heterocycles. The standard InChI is InChI=1S/C20H24N4O3S/c1-21-20(27)23-19(26)18(14-9-5-4-6-10-14)24(2)13-17(25)22-15-11-7-8-12-16(15)28-3/h4-12,18H,13H2,1-3H3,(H,22,25)(H2,21,23,26,27)/p+1/t18-/m1/s1. The maximum Gasteiger partial charge on any atom is 0.321 e. The molecule has 0 radical (unpaired) electrons. The lowest BCUT2D eigenvalue weighted by atomic mass is 10.0. The summed E-state index contributed by atoms with van der Waals surface area (Å²) in [7, 11) is 3.19. The monoisotopic (exact) mass is 401 g/mol. The van der Waals surface area contributed by atoms with Crippen molar-refractivity contribution >= 4 is 35.3 Å². The molecule has 2 aromatic carbocycles. The molecule has 2 atom stereocenters. The van der Waals surface area contributed by atoms with E-state index in [1.54, 1.807) is 30.9 Å². The molecule has 28 heavy (non-hydrogen) atoms. The number of hydrogen-bond donors (Lipinski definition) is 4. The van der Waals surface area contributed by atoms with Crippen molar-refractivity contribution in [2.45, 2.75) is 10.9 Å². The van der Waals surface area contributed by atoms with Crippen LogP contribution in [0, 0.1) is 0 Å². The van der Waals surface area contributed by atoms with Gasteiger partial charge in [0.05, 0.1) is 12.7 Å². The molecule has 0 saturated carbocycles. The molecule has 0 saturated heterocycles. The van der Waals surface area contributed by atoms with Gasteiger partial charge in [-0.2, -0.15) is 0 Å². The quantitative estimate of drug-likeness (QED) is 0.522. The number of nitrogens with one attached hydrogen (secondary N) is 4. The lowest BCUT2D eigenvalue weighted by Crippen LogP contribution is -3.11. The highest BCUT2D eigenvalue weighted by Gasteiger charge is 2.31. The van der Waals surface area contributed by atoms with Crippen LogP contribution in [0.5, 0.6) is 0 Å². The molecule has 2 rings (SSSR count). The zero-order valence-electron chi connectivity index (χ0n) is 16.1. The van der Waals surface area contributed by atoms with E-state index < -0.39 is 18.0 Å².